The molecule has 134 valence electrons. The fraction of sp³-hybridized carbons (Fsp3) is 0.389. The van der Waals surface area contributed by atoms with Crippen molar-refractivity contribution in [2.75, 3.05) is 13.7 Å². The molecule has 1 heterocycles. The van der Waals surface area contributed by atoms with E-state index in [-0.39, 0.29) is 24.5 Å². The van der Waals surface area contributed by atoms with E-state index in [1.807, 2.05) is 32.0 Å². The largest absolute Gasteiger partial charge is 0.483 e. The molecular formula is C18H24N4O3. The highest BCUT2D eigenvalue weighted by Gasteiger charge is 2.20. The summed E-state index contributed by atoms with van der Waals surface area (Å²) in [6.07, 6.45) is 2.25. The van der Waals surface area contributed by atoms with E-state index in [1.54, 1.807) is 31.0 Å². The highest BCUT2D eigenvalue weighted by Crippen LogP contribution is 2.27. The Labute approximate surface area is 147 Å². The van der Waals surface area contributed by atoms with Gasteiger partial charge in [-0.05, 0) is 19.4 Å². The topological polar surface area (TPSA) is 85.2 Å². The lowest BCUT2D eigenvalue weighted by Crippen LogP contribution is -2.29. The summed E-state index contributed by atoms with van der Waals surface area (Å²) in [6.45, 7) is 3.76. The molecule has 0 saturated heterocycles. The van der Waals surface area contributed by atoms with Crippen molar-refractivity contribution in [2.24, 2.45) is 7.05 Å². The number of likely N-dealkylation sites (N-methyl/N-ethyl adjacent to an activating group) is 1. The summed E-state index contributed by atoms with van der Waals surface area (Å²) in [6, 6.07) is 7.17. The Morgan fingerprint density at radius 2 is 2.04 bits per heavy atom. The van der Waals surface area contributed by atoms with Crippen LogP contribution in [0.25, 0.3) is 0 Å². The van der Waals surface area contributed by atoms with Gasteiger partial charge in [0.25, 0.3) is 11.8 Å². The molecule has 0 fully saturated rings. The summed E-state index contributed by atoms with van der Waals surface area (Å²) >= 11 is 0. The van der Waals surface area contributed by atoms with Gasteiger partial charge < -0.3 is 15.4 Å². The van der Waals surface area contributed by atoms with E-state index >= 15 is 0 Å². The summed E-state index contributed by atoms with van der Waals surface area (Å²) in [5, 5.41) is 9.65. The van der Waals surface area contributed by atoms with E-state index < -0.39 is 0 Å². The van der Waals surface area contributed by atoms with Gasteiger partial charge in [-0.2, -0.15) is 5.10 Å². The van der Waals surface area contributed by atoms with Gasteiger partial charge in [-0.1, -0.05) is 25.1 Å². The van der Waals surface area contributed by atoms with Crippen LogP contribution in [0.1, 0.15) is 41.0 Å². The number of nitrogens with one attached hydrogen (secondary N) is 2. The van der Waals surface area contributed by atoms with Gasteiger partial charge in [0, 0.05) is 25.4 Å². The van der Waals surface area contributed by atoms with Crippen LogP contribution in [-0.4, -0.2) is 35.2 Å². The number of hydrogen-bond acceptors (Lipinski definition) is 4. The van der Waals surface area contributed by atoms with Gasteiger partial charge in [-0.3, -0.25) is 14.3 Å². The van der Waals surface area contributed by atoms with Crippen LogP contribution in [0.3, 0.4) is 0 Å². The summed E-state index contributed by atoms with van der Waals surface area (Å²) < 4.78 is 7.27. The van der Waals surface area contributed by atoms with Gasteiger partial charge in [0.2, 0.25) is 0 Å². The first-order valence-corrected chi connectivity index (χ1v) is 8.19. The Morgan fingerprint density at radius 3 is 2.64 bits per heavy atom. The predicted molar refractivity (Wildman–Crippen MR) is 94.4 cm³/mol. The van der Waals surface area contributed by atoms with Crippen molar-refractivity contribution >= 4 is 11.8 Å². The third-order valence-corrected chi connectivity index (χ3v) is 4.13. The molecule has 0 saturated carbocycles. The molecule has 0 unspecified atom stereocenters. The van der Waals surface area contributed by atoms with Gasteiger partial charge in [0.15, 0.2) is 6.61 Å². The molecule has 1 aromatic carbocycles. The normalized spacial score (nSPS) is 11.7. The van der Waals surface area contributed by atoms with E-state index in [9.17, 15) is 9.59 Å². The molecule has 25 heavy (non-hydrogen) atoms. The SMILES string of the molecule is CC[C@H](NC(=O)c1cnn(C)c1C)c1ccccc1OCC(=O)NC. The lowest BCUT2D eigenvalue weighted by Gasteiger charge is -2.20. The van der Waals surface area contributed by atoms with Crippen molar-refractivity contribution in [3.63, 3.8) is 0 Å². The maximum atomic E-state index is 12.6. The van der Waals surface area contributed by atoms with E-state index in [4.69, 9.17) is 4.74 Å². The van der Waals surface area contributed by atoms with Gasteiger partial charge in [-0.15, -0.1) is 0 Å². The van der Waals surface area contributed by atoms with Crippen LogP contribution >= 0.6 is 0 Å². The first kappa shape index (κ1) is 18.5. The molecule has 0 aliphatic heterocycles. The Balaban J connectivity index is 2.18. The van der Waals surface area contributed by atoms with Gasteiger partial charge in [-0.25, -0.2) is 0 Å². The quantitative estimate of drug-likeness (QED) is 0.801. The molecule has 2 rings (SSSR count). The Hall–Kier alpha value is -2.83. The van der Waals surface area contributed by atoms with Crippen LogP contribution in [0.15, 0.2) is 30.5 Å². The van der Waals surface area contributed by atoms with Crippen LogP contribution in [0.2, 0.25) is 0 Å². The van der Waals surface area contributed by atoms with Crippen molar-refractivity contribution in [3.8, 4) is 5.75 Å². The second-order valence-corrected chi connectivity index (χ2v) is 5.70. The summed E-state index contributed by atoms with van der Waals surface area (Å²) in [4.78, 5) is 24.0. The Kier molecular flexibility index (Phi) is 6.16. The molecule has 0 spiro atoms. The molecule has 2 amide bonds. The molecule has 2 N–H and O–H groups in total. The second kappa shape index (κ2) is 8.32. The molecular weight excluding hydrogens is 320 g/mol. The van der Waals surface area contributed by atoms with Crippen LogP contribution in [0, 0.1) is 6.92 Å². The van der Waals surface area contributed by atoms with Crippen LogP contribution < -0.4 is 15.4 Å². The predicted octanol–water partition coefficient (Wildman–Crippen LogP) is 1.73. The first-order valence-electron chi connectivity index (χ1n) is 8.19. The maximum Gasteiger partial charge on any atom is 0.257 e. The second-order valence-electron chi connectivity index (χ2n) is 5.70. The molecule has 2 aromatic rings. The number of aryl methyl sites for hydroxylation is 1. The highest BCUT2D eigenvalue weighted by molar-refractivity contribution is 5.95. The fourth-order valence-corrected chi connectivity index (χ4v) is 2.47. The maximum absolute atomic E-state index is 12.6. The van der Waals surface area contributed by atoms with E-state index in [0.29, 0.717) is 17.7 Å². The van der Waals surface area contributed by atoms with Crippen molar-refractivity contribution in [1.29, 1.82) is 0 Å². The molecule has 1 aromatic heterocycles. The number of ether oxygens (including phenoxy) is 1. The molecule has 0 bridgehead atoms. The number of nitrogens with zero attached hydrogens (tertiary/aromatic N) is 2. The van der Waals surface area contributed by atoms with Gasteiger partial charge >= 0.3 is 0 Å². The average Bonchev–Trinajstić information content (AvgIpc) is 2.96. The number of carbonyl (C=O) groups is 2. The van der Waals surface area contributed by atoms with E-state index in [1.165, 1.54) is 0 Å². The standard InChI is InChI=1S/C18H24N4O3/c1-5-15(21-18(24)14-10-20-22(4)12(14)2)13-8-6-7-9-16(13)25-11-17(23)19-3/h6-10,15H,5,11H2,1-4H3,(H,19,23)(H,21,24)/t15-/m0/s1. The number of hydrogen-bond donors (Lipinski definition) is 2. The third kappa shape index (κ3) is 4.37. The third-order valence-electron chi connectivity index (χ3n) is 4.13. The zero-order chi connectivity index (χ0) is 18.4. The summed E-state index contributed by atoms with van der Waals surface area (Å²) in [5.41, 5.74) is 2.19. The number of para-hydroxylation sites is 1. The summed E-state index contributed by atoms with van der Waals surface area (Å²) in [5.74, 6) is 0.192. The Morgan fingerprint density at radius 1 is 1.32 bits per heavy atom. The minimum Gasteiger partial charge on any atom is -0.483 e. The minimum atomic E-state index is -0.229. The average molecular weight is 344 g/mol. The van der Waals surface area contributed by atoms with E-state index in [2.05, 4.69) is 15.7 Å². The number of rotatable bonds is 7. The molecule has 0 aliphatic carbocycles. The van der Waals surface area contributed by atoms with Gasteiger partial charge in [0.1, 0.15) is 5.75 Å². The van der Waals surface area contributed by atoms with Crippen molar-refractivity contribution in [2.45, 2.75) is 26.3 Å². The molecule has 7 heteroatoms. The number of carbonyl (C=O) groups excluding carboxylic acids is 2. The van der Waals surface area contributed by atoms with Crippen molar-refractivity contribution < 1.29 is 14.3 Å². The van der Waals surface area contributed by atoms with Crippen LogP contribution in [-0.2, 0) is 11.8 Å². The molecule has 7 nitrogen and oxygen atoms in total. The lowest BCUT2D eigenvalue weighted by molar-refractivity contribution is -0.122. The zero-order valence-corrected chi connectivity index (χ0v) is 15.0. The zero-order valence-electron chi connectivity index (χ0n) is 15.0. The molecule has 0 radical (unpaired) electrons. The van der Waals surface area contributed by atoms with Crippen LogP contribution in [0.5, 0.6) is 5.75 Å². The number of amides is 2. The summed E-state index contributed by atoms with van der Waals surface area (Å²) in [7, 11) is 3.36. The lowest BCUT2D eigenvalue weighted by atomic mass is 10.0. The minimum absolute atomic E-state index is 0.0698. The fourth-order valence-electron chi connectivity index (χ4n) is 2.47. The van der Waals surface area contributed by atoms with Crippen LogP contribution in [0.4, 0.5) is 0 Å². The molecule has 0 aliphatic rings. The number of benzene rings is 1. The smallest absolute Gasteiger partial charge is 0.257 e. The van der Waals surface area contributed by atoms with E-state index in [0.717, 1.165) is 11.3 Å². The highest BCUT2D eigenvalue weighted by atomic mass is 16.5. The first-order chi connectivity index (χ1) is 12.0. The van der Waals surface area contributed by atoms with Crippen molar-refractivity contribution in [3.05, 3.63) is 47.3 Å². The molecule has 1 atom stereocenters. The van der Waals surface area contributed by atoms with Gasteiger partial charge in [0.05, 0.1) is 17.8 Å². The Bertz CT molecular complexity index is 755. The number of aromatic nitrogens is 2. The van der Waals surface area contributed by atoms with Crippen molar-refractivity contribution in [1.82, 2.24) is 20.4 Å². The monoisotopic (exact) mass is 344 g/mol.